The predicted molar refractivity (Wildman–Crippen MR) is 164 cm³/mol. The van der Waals surface area contributed by atoms with E-state index in [-0.39, 0.29) is 18.2 Å². The van der Waals surface area contributed by atoms with E-state index in [4.69, 9.17) is 11.6 Å². The second-order valence-corrected chi connectivity index (χ2v) is 10.6. The van der Waals surface area contributed by atoms with Crippen LogP contribution in [0.4, 0.5) is 0 Å². The predicted octanol–water partition coefficient (Wildman–Crippen LogP) is 9.80. The number of aryl methyl sites for hydroxylation is 1. The summed E-state index contributed by atoms with van der Waals surface area (Å²) in [4.78, 5) is 23.4. The number of benzene rings is 1. The van der Waals surface area contributed by atoms with Crippen LogP contribution in [0.1, 0.15) is 130 Å². The number of carboxylic acid groups (broad SMARTS) is 1. The average molecular weight is 548 g/mol. The maximum Gasteiger partial charge on any atom is 0.335 e. The van der Waals surface area contributed by atoms with Crippen molar-refractivity contribution in [3.8, 4) is 0 Å². The molecule has 0 fully saturated rings. The molecular weight excluding hydrogens is 494 g/mol. The van der Waals surface area contributed by atoms with E-state index in [1.807, 2.05) is 41.5 Å². The normalized spacial score (nSPS) is 13.8. The van der Waals surface area contributed by atoms with E-state index in [2.05, 4.69) is 44.3 Å². The van der Waals surface area contributed by atoms with Crippen LogP contribution in [0.25, 0.3) is 0 Å². The molecule has 0 heterocycles. The van der Waals surface area contributed by atoms with E-state index >= 15 is 0 Å². The molecular formula is C33H54ClNO3. The molecule has 0 aliphatic heterocycles. The standard InChI is InChI=1S/C17H27NO3.C14H21Cl.C2H6/c1-5-12(4)16(17(20)21)13-8-6-7-9-14(13)18-10-15(19)11(2)3;1-4-7-12(8-5-2)13-10-6-9-11(3)14(13)15;1-2/h11,18H,5-10H2,1-4H3,(H,20,21);6,9-10,12H,4-5,7-8H2,1-3H3;1-2H3. The lowest BCUT2D eigenvalue weighted by molar-refractivity contribution is -0.132. The molecule has 1 aromatic carbocycles. The Morgan fingerprint density at radius 1 is 1.03 bits per heavy atom. The summed E-state index contributed by atoms with van der Waals surface area (Å²) in [5, 5.41) is 13.7. The number of carboxylic acids is 1. The van der Waals surface area contributed by atoms with Crippen LogP contribution < -0.4 is 5.32 Å². The first kappa shape index (κ1) is 35.9. The van der Waals surface area contributed by atoms with Crippen molar-refractivity contribution in [3.05, 3.63) is 56.8 Å². The van der Waals surface area contributed by atoms with Gasteiger partial charge in [0.1, 0.15) is 0 Å². The zero-order valence-electron chi connectivity index (χ0n) is 25.6. The third kappa shape index (κ3) is 11.8. The highest BCUT2D eigenvalue weighted by molar-refractivity contribution is 6.32. The van der Waals surface area contributed by atoms with Crippen LogP contribution in [0.3, 0.4) is 0 Å². The van der Waals surface area contributed by atoms with Gasteiger partial charge in [-0.2, -0.15) is 0 Å². The van der Waals surface area contributed by atoms with Gasteiger partial charge in [-0.25, -0.2) is 4.79 Å². The van der Waals surface area contributed by atoms with Crippen molar-refractivity contribution in [2.24, 2.45) is 5.92 Å². The molecule has 0 spiro atoms. The highest BCUT2D eigenvalue weighted by Gasteiger charge is 2.23. The number of Topliss-reactive ketones (excluding diaryl/α,β-unsaturated/α-hetero) is 1. The summed E-state index contributed by atoms with van der Waals surface area (Å²) in [6.07, 6.45) is 9.33. The number of rotatable bonds is 12. The SMILES string of the molecule is CC.CCC(C)=C(C(=O)O)C1=C(NCC(=O)C(C)C)CCCC1.CCCC(CCC)c1cccc(C)c1Cl. The van der Waals surface area contributed by atoms with Gasteiger partial charge in [0.2, 0.25) is 0 Å². The Balaban J connectivity index is 0.000000709. The number of carbonyl (C=O) groups excluding carboxylic acids is 1. The number of hydrogen-bond acceptors (Lipinski definition) is 3. The van der Waals surface area contributed by atoms with Gasteiger partial charge in [-0.1, -0.05) is 96.7 Å². The van der Waals surface area contributed by atoms with Gasteiger partial charge in [-0.05, 0) is 81.4 Å². The molecule has 0 unspecified atom stereocenters. The highest BCUT2D eigenvalue weighted by Crippen LogP contribution is 2.33. The minimum atomic E-state index is -0.860. The van der Waals surface area contributed by atoms with Gasteiger partial charge < -0.3 is 10.4 Å². The van der Waals surface area contributed by atoms with E-state index in [1.54, 1.807) is 0 Å². The summed E-state index contributed by atoms with van der Waals surface area (Å²) >= 11 is 6.36. The van der Waals surface area contributed by atoms with Crippen molar-refractivity contribution in [3.63, 3.8) is 0 Å². The monoisotopic (exact) mass is 547 g/mol. The van der Waals surface area contributed by atoms with Crippen LogP contribution in [0.5, 0.6) is 0 Å². The zero-order chi connectivity index (χ0) is 29.3. The number of nitrogens with one attached hydrogen (secondary N) is 1. The minimum Gasteiger partial charge on any atom is -0.478 e. The molecule has 38 heavy (non-hydrogen) atoms. The molecule has 0 aromatic heterocycles. The van der Waals surface area contributed by atoms with E-state index in [0.717, 1.165) is 54.0 Å². The van der Waals surface area contributed by atoms with Gasteiger partial charge in [-0.15, -0.1) is 0 Å². The molecule has 0 bridgehead atoms. The molecule has 1 aliphatic rings. The van der Waals surface area contributed by atoms with Crippen LogP contribution >= 0.6 is 11.6 Å². The lowest BCUT2D eigenvalue weighted by Crippen LogP contribution is -2.28. The van der Waals surface area contributed by atoms with Crippen molar-refractivity contribution >= 4 is 23.4 Å². The molecule has 1 aromatic rings. The fraction of sp³-hybridized carbons (Fsp3) is 0.636. The molecule has 216 valence electrons. The maximum absolute atomic E-state index is 11.8. The van der Waals surface area contributed by atoms with Crippen molar-refractivity contribution < 1.29 is 14.7 Å². The van der Waals surface area contributed by atoms with Crippen molar-refractivity contribution in [2.45, 2.75) is 126 Å². The van der Waals surface area contributed by atoms with Crippen LogP contribution in [-0.4, -0.2) is 23.4 Å². The minimum absolute atomic E-state index is 0.00277. The Hall–Kier alpha value is -2.07. The van der Waals surface area contributed by atoms with Gasteiger partial charge >= 0.3 is 5.97 Å². The molecule has 0 saturated heterocycles. The summed E-state index contributed by atoms with van der Waals surface area (Å²) in [5.41, 5.74) is 5.72. The maximum atomic E-state index is 11.8. The topological polar surface area (TPSA) is 66.4 Å². The van der Waals surface area contributed by atoms with Crippen molar-refractivity contribution in [1.29, 1.82) is 0 Å². The average Bonchev–Trinajstić information content (AvgIpc) is 2.90. The number of hydrogen-bond donors (Lipinski definition) is 2. The Labute approximate surface area is 238 Å². The lowest BCUT2D eigenvalue weighted by atomic mass is 9.88. The van der Waals surface area contributed by atoms with Crippen LogP contribution in [0, 0.1) is 12.8 Å². The van der Waals surface area contributed by atoms with Gasteiger partial charge in [0.05, 0.1) is 12.1 Å². The molecule has 2 N–H and O–H groups in total. The van der Waals surface area contributed by atoms with Crippen molar-refractivity contribution in [2.75, 3.05) is 6.54 Å². The highest BCUT2D eigenvalue weighted by atomic mass is 35.5. The third-order valence-electron chi connectivity index (χ3n) is 7.00. The van der Waals surface area contributed by atoms with Gasteiger partial charge in [0, 0.05) is 16.6 Å². The zero-order valence-corrected chi connectivity index (χ0v) is 26.4. The largest absolute Gasteiger partial charge is 0.478 e. The summed E-state index contributed by atoms with van der Waals surface area (Å²) in [7, 11) is 0. The van der Waals surface area contributed by atoms with E-state index in [0.29, 0.717) is 11.5 Å². The smallest absolute Gasteiger partial charge is 0.335 e. The Kier molecular flexibility index (Phi) is 18.8. The molecule has 1 aliphatic carbocycles. The van der Waals surface area contributed by atoms with Gasteiger partial charge in [0.25, 0.3) is 0 Å². The Bertz CT molecular complexity index is 924. The Morgan fingerprint density at radius 3 is 2.11 bits per heavy atom. The van der Waals surface area contributed by atoms with Gasteiger partial charge in [-0.3, -0.25) is 4.79 Å². The number of carbonyl (C=O) groups is 2. The fourth-order valence-electron chi connectivity index (χ4n) is 4.66. The molecule has 4 nitrogen and oxygen atoms in total. The lowest BCUT2D eigenvalue weighted by Gasteiger charge is -2.23. The molecule has 0 amide bonds. The summed E-state index contributed by atoms with van der Waals surface area (Å²) in [6.45, 7) is 18.5. The van der Waals surface area contributed by atoms with E-state index < -0.39 is 5.97 Å². The summed E-state index contributed by atoms with van der Waals surface area (Å²) in [5.74, 6) is -0.0642. The fourth-order valence-corrected chi connectivity index (χ4v) is 4.94. The summed E-state index contributed by atoms with van der Waals surface area (Å²) < 4.78 is 0. The van der Waals surface area contributed by atoms with Crippen LogP contribution in [0.15, 0.2) is 40.6 Å². The Morgan fingerprint density at radius 2 is 1.61 bits per heavy atom. The molecule has 0 saturated carbocycles. The number of ketones is 1. The molecule has 0 atom stereocenters. The third-order valence-corrected chi connectivity index (χ3v) is 7.51. The van der Waals surface area contributed by atoms with Gasteiger partial charge in [0.15, 0.2) is 5.78 Å². The van der Waals surface area contributed by atoms with E-state index in [9.17, 15) is 14.7 Å². The van der Waals surface area contributed by atoms with Crippen LogP contribution in [0.2, 0.25) is 5.02 Å². The number of halogens is 1. The first-order valence-electron chi connectivity index (χ1n) is 14.8. The number of aliphatic carboxylic acids is 1. The van der Waals surface area contributed by atoms with Crippen LogP contribution in [-0.2, 0) is 9.59 Å². The first-order chi connectivity index (χ1) is 18.1. The van der Waals surface area contributed by atoms with Crippen molar-refractivity contribution in [1.82, 2.24) is 5.32 Å². The molecule has 5 heteroatoms. The second-order valence-electron chi connectivity index (χ2n) is 10.2. The number of allylic oxidation sites excluding steroid dienone is 2. The second kappa shape index (κ2) is 19.9. The quantitative estimate of drug-likeness (QED) is 0.255. The first-order valence-corrected chi connectivity index (χ1v) is 15.1. The summed E-state index contributed by atoms with van der Waals surface area (Å²) in [6, 6.07) is 6.39. The molecule has 2 rings (SSSR count). The van der Waals surface area contributed by atoms with E-state index in [1.165, 1.54) is 36.8 Å². The molecule has 0 radical (unpaired) electrons.